The van der Waals surface area contributed by atoms with Crippen molar-refractivity contribution in [3.05, 3.63) is 59.7 Å². The fraction of sp³-hybridized carbons (Fsp3) is 0.500. The highest BCUT2D eigenvalue weighted by Crippen LogP contribution is 2.44. The quantitative estimate of drug-likeness (QED) is 0.408. The van der Waals surface area contributed by atoms with Crippen LogP contribution < -0.4 is 5.32 Å². The summed E-state index contributed by atoms with van der Waals surface area (Å²) in [4.78, 5) is 12.1. The zero-order chi connectivity index (χ0) is 23.3. The minimum absolute atomic E-state index is 0.0586. The molecule has 0 aromatic heterocycles. The summed E-state index contributed by atoms with van der Waals surface area (Å²) in [7, 11) is 0. The zero-order valence-electron chi connectivity index (χ0n) is 19.6. The molecule has 1 aliphatic carbocycles. The second kappa shape index (κ2) is 14.0. The minimum atomic E-state index is -0.435. The largest absolute Gasteiger partial charge is 0.449 e. The zero-order valence-corrected chi connectivity index (χ0v) is 19.6. The Morgan fingerprint density at radius 2 is 1.30 bits per heavy atom. The van der Waals surface area contributed by atoms with Gasteiger partial charge in [0.2, 0.25) is 0 Å². The van der Waals surface area contributed by atoms with E-state index in [2.05, 4.69) is 29.6 Å². The van der Waals surface area contributed by atoms with E-state index in [1.807, 2.05) is 38.1 Å². The van der Waals surface area contributed by atoms with Gasteiger partial charge in [-0.05, 0) is 36.1 Å². The Morgan fingerprint density at radius 3 is 1.88 bits per heavy atom. The van der Waals surface area contributed by atoms with Crippen molar-refractivity contribution in [2.24, 2.45) is 0 Å². The number of amides is 1. The van der Waals surface area contributed by atoms with Gasteiger partial charge in [-0.2, -0.15) is 0 Å². The Balaban J connectivity index is 1.21. The number of rotatable bonds is 15. The highest BCUT2D eigenvalue weighted by molar-refractivity contribution is 5.79. The lowest BCUT2D eigenvalue weighted by molar-refractivity contribution is -0.0114. The summed E-state index contributed by atoms with van der Waals surface area (Å²) in [6.45, 7) is 8.24. The average molecular weight is 458 g/mol. The first-order valence-electron chi connectivity index (χ1n) is 11.6. The van der Waals surface area contributed by atoms with Crippen LogP contribution >= 0.6 is 0 Å². The van der Waals surface area contributed by atoms with E-state index in [4.69, 9.17) is 23.7 Å². The third-order valence-corrected chi connectivity index (χ3v) is 5.28. The van der Waals surface area contributed by atoms with Gasteiger partial charge in [0.1, 0.15) is 6.61 Å². The average Bonchev–Trinajstić information content (AvgIpc) is 3.14. The second-order valence-corrected chi connectivity index (χ2v) is 8.01. The molecule has 0 atom stereocenters. The van der Waals surface area contributed by atoms with Gasteiger partial charge in [0, 0.05) is 12.5 Å². The number of carbonyl (C=O) groups is 1. The van der Waals surface area contributed by atoms with E-state index < -0.39 is 6.09 Å². The monoisotopic (exact) mass is 457 g/mol. The normalized spacial score (nSPS) is 12.6. The Bertz CT molecular complexity index is 811. The van der Waals surface area contributed by atoms with Crippen LogP contribution in [0.4, 0.5) is 4.79 Å². The summed E-state index contributed by atoms with van der Waals surface area (Å²) < 4.78 is 27.2. The first-order chi connectivity index (χ1) is 16.2. The molecule has 0 unspecified atom stereocenters. The van der Waals surface area contributed by atoms with Crippen LogP contribution in [0.25, 0.3) is 11.1 Å². The van der Waals surface area contributed by atoms with Crippen molar-refractivity contribution < 1.29 is 28.5 Å². The van der Waals surface area contributed by atoms with Gasteiger partial charge in [0.25, 0.3) is 0 Å². The molecule has 0 bridgehead atoms. The van der Waals surface area contributed by atoms with Crippen LogP contribution in [0.1, 0.15) is 30.9 Å². The molecule has 2 aromatic rings. The fourth-order valence-corrected chi connectivity index (χ4v) is 3.76. The van der Waals surface area contributed by atoms with Gasteiger partial charge >= 0.3 is 6.09 Å². The summed E-state index contributed by atoms with van der Waals surface area (Å²) in [5.74, 6) is 0.0586. The molecule has 0 spiro atoms. The Kier molecular flexibility index (Phi) is 10.6. The molecule has 7 heteroatoms. The Hall–Kier alpha value is -2.45. The Labute approximate surface area is 196 Å². The number of fused-ring (bicyclic) bond motifs is 3. The van der Waals surface area contributed by atoms with E-state index in [0.29, 0.717) is 59.4 Å². The van der Waals surface area contributed by atoms with E-state index in [-0.39, 0.29) is 12.0 Å². The molecule has 0 saturated carbocycles. The lowest BCUT2D eigenvalue weighted by Gasteiger charge is -2.14. The molecule has 0 radical (unpaired) electrons. The van der Waals surface area contributed by atoms with Gasteiger partial charge in [-0.15, -0.1) is 0 Å². The number of hydrogen-bond acceptors (Lipinski definition) is 6. The van der Waals surface area contributed by atoms with Crippen LogP contribution in [0.5, 0.6) is 0 Å². The summed E-state index contributed by atoms with van der Waals surface area (Å²) in [6.07, 6.45) is -0.212. The molecule has 2 aromatic carbocycles. The summed E-state index contributed by atoms with van der Waals surface area (Å²) in [5.41, 5.74) is 4.82. The number of ether oxygens (including phenoxy) is 5. The molecule has 0 saturated heterocycles. The lowest BCUT2D eigenvalue weighted by atomic mass is 9.98. The smallest absolute Gasteiger partial charge is 0.407 e. The number of alkyl carbamates (subject to hydrolysis) is 1. The van der Waals surface area contributed by atoms with Gasteiger partial charge < -0.3 is 29.0 Å². The molecule has 0 fully saturated rings. The fourth-order valence-electron chi connectivity index (χ4n) is 3.76. The van der Waals surface area contributed by atoms with Gasteiger partial charge in [0.15, 0.2) is 0 Å². The van der Waals surface area contributed by atoms with Crippen LogP contribution in [0.3, 0.4) is 0 Å². The molecular formula is C26H35NO6. The van der Waals surface area contributed by atoms with Gasteiger partial charge in [0.05, 0.1) is 52.4 Å². The number of carbonyl (C=O) groups excluding carboxylic acids is 1. The van der Waals surface area contributed by atoms with E-state index in [1.54, 1.807) is 0 Å². The maximum Gasteiger partial charge on any atom is 0.407 e. The maximum atomic E-state index is 12.1. The van der Waals surface area contributed by atoms with Crippen molar-refractivity contribution in [2.45, 2.75) is 25.9 Å². The van der Waals surface area contributed by atoms with E-state index >= 15 is 0 Å². The SMILES string of the molecule is CC(C)OCCOCCOCCOCCNC(=O)OCC1c2ccccc2-c2ccccc21. The molecule has 7 nitrogen and oxygen atoms in total. The Morgan fingerprint density at radius 1 is 0.788 bits per heavy atom. The molecule has 180 valence electrons. The highest BCUT2D eigenvalue weighted by Gasteiger charge is 2.28. The van der Waals surface area contributed by atoms with E-state index in [1.165, 1.54) is 22.3 Å². The van der Waals surface area contributed by atoms with Crippen LogP contribution in [0, 0.1) is 0 Å². The summed E-state index contributed by atoms with van der Waals surface area (Å²) >= 11 is 0. The van der Waals surface area contributed by atoms with Crippen molar-refractivity contribution in [3.63, 3.8) is 0 Å². The molecule has 3 rings (SSSR count). The first kappa shape index (κ1) is 25.2. The van der Waals surface area contributed by atoms with Gasteiger partial charge in [-0.25, -0.2) is 4.79 Å². The van der Waals surface area contributed by atoms with Crippen molar-refractivity contribution in [3.8, 4) is 11.1 Å². The van der Waals surface area contributed by atoms with Crippen LogP contribution in [-0.4, -0.2) is 71.6 Å². The molecule has 33 heavy (non-hydrogen) atoms. The van der Waals surface area contributed by atoms with E-state index in [9.17, 15) is 4.79 Å². The number of hydrogen-bond donors (Lipinski definition) is 1. The van der Waals surface area contributed by atoms with Crippen LogP contribution in [-0.2, 0) is 23.7 Å². The summed E-state index contributed by atoms with van der Waals surface area (Å²) in [5, 5.41) is 2.73. The van der Waals surface area contributed by atoms with Crippen molar-refractivity contribution >= 4 is 6.09 Å². The number of nitrogens with one attached hydrogen (secondary N) is 1. The molecule has 1 N–H and O–H groups in total. The maximum absolute atomic E-state index is 12.1. The van der Waals surface area contributed by atoms with Gasteiger partial charge in [-0.1, -0.05) is 48.5 Å². The lowest BCUT2D eigenvalue weighted by Crippen LogP contribution is -2.29. The summed E-state index contributed by atoms with van der Waals surface area (Å²) in [6, 6.07) is 16.6. The number of benzene rings is 2. The molecule has 0 aliphatic heterocycles. The molecule has 1 amide bonds. The molecule has 1 aliphatic rings. The third kappa shape index (κ3) is 8.12. The van der Waals surface area contributed by atoms with Crippen molar-refractivity contribution in [2.75, 3.05) is 59.4 Å². The predicted molar refractivity (Wildman–Crippen MR) is 127 cm³/mol. The molecular weight excluding hydrogens is 422 g/mol. The minimum Gasteiger partial charge on any atom is -0.449 e. The molecule has 0 heterocycles. The third-order valence-electron chi connectivity index (χ3n) is 5.28. The van der Waals surface area contributed by atoms with Crippen LogP contribution in [0.15, 0.2) is 48.5 Å². The topological polar surface area (TPSA) is 75.3 Å². The predicted octanol–water partition coefficient (Wildman–Crippen LogP) is 4.00. The van der Waals surface area contributed by atoms with E-state index in [0.717, 1.165) is 0 Å². The van der Waals surface area contributed by atoms with Gasteiger partial charge in [-0.3, -0.25) is 0 Å². The second-order valence-electron chi connectivity index (χ2n) is 8.01. The highest BCUT2D eigenvalue weighted by atomic mass is 16.6. The first-order valence-corrected chi connectivity index (χ1v) is 11.6. The standard InChI is InChI=1S/C26H35NO6/c1-20(2)32-18-17-31-16-15-30-14-13-29-12-11-27-26(28)33-19-25-23-9-5-3-7-21(23)22-8-4-6-10-24(22)25/h3-10,20,25H,11-19H2,1-2H3,(H,27,28). The van der Waals surface area contributed by atoms with Crippen LogP contribution in [0.2, 0.25) is 0 Å². The van der Waals surface area contributed by atoms with Crippen molar-refractivity contribution in [1.29, 1.82) is 0 Å². The van der Waals surface area contributed by atoms with Crippen molar-refractivity contribution in [1.82, 2.24) is 5.32 Å².